The van der Waals surface area contributed by atoms with Gasteiger partial charge in [0.15, 0.2) is 0 Å². The summed E-state index contributed by atoms with van der Waals surface area (Å²) in [4.78, 5) is 0. The van der Waals surface area contributed by atoms with E-state index < -0.39 is 0 Å². The second kappa shape index (κ2) is 17.3. The van der Waals surface area contributed by atoms with Crippen LogP contribution in [-0.4, -0.2) is 0 Å². The summed E-state index contributed by atoms with van der Waals surface area (Å²) in [5.41, 5.74) is 17.9. The molecule has 0 aromatic heterocycles. The first-order valence-corrected chi connectivity index (χ1v) is 28.9. The van der Waals surface area contributed by atoms with Gasteiger partial charge in [-0.2, -0.15) is 10.5 Å². The molecule has 18 aromatic rings. The molecule has 0 aliphatic heterocycles. The molecule has 0 radical (unpaired) electrons. The molecular weight excluding hydrogens is 1020 g/mol. The van der Waals surface area contributed by atoms with Gasteiger partial charge in [0, 0.05) is 0 Å². The van der Waals surface area contributed by atoms with Gasteiger partial charge in [0.05, 0.1) is 23.3 Å². The first-order valence-electron chi connectivity index (χ1n) is 28.9. The van der Waals surface area contributed by atoms with Gasteiger partial charge in [-0.05, 0) is 233 Å². The molecule has 0 fully saturated rings. The summed E-state index contributed by atoms with van der Waals surface area (Å²) >= 11 is 0. The molecule has 1 aliphatic carbocycles. The third-order valence-electron chi connectivity index (χ3n) is 19.1. The van der Waals surface area contributed by atoms with E-state index in [1.807, 2.05) is 24.3 Å². The fraction of sp³-hybridized carbons (Fsp3) is 0.0120. The standard InChI is InChI=1S/C82H42N2.CH4/c83-43-45-25-29-50(30-26-45)71-54-21-9-10-22-55(54)72(51-31-27-46(44-84)28-32-51)80-63-38-34-59-61-36-40-65-78-64(39-35-60(75(61)78)58-33-37-62(79(71)80)77(63)74(58)59)81-73(49-15-5-2-6-16-49)68-41-66-56-23-11-17-48-18-12-24-57(70(48)56)67(66)42-69(68)76(82(65)81)53-20-8-7-19-52(53)47-13-3-1-4-14-47;/h1-42H;1H4. The number of hydrogen-bond donors (Lipinski definition) is 0. The number of nitriles is 2. The Morgan fingerprint density at radius 1 is 0.200 bits per heavy atom. The van der Waals surface area contributed by atoms with Gasteiger partial charge < -0.3 is 0 Å². The van der Waals surface area contributed by atoms with Crippen LogP contribution in [0.2, 0.25) is 0 Å². The van der Waals surface area contributed by atoms with Gasteiger partial charge in [0.25, 0.3) is 0 Å². The molecule has 0 heterocycles. The van der Waals surface area contributed by atoms with E-state index in [0.717, 1.165) is 33.0 Å². The maximum atomic E-state index is 9.94. The van der Waals surface area contributed by atoms with Crippen molar-refractivity contribution in [1.82, 2.24) is 0 Å². The number of hydrogen-bond acceptors (Lipinski definition) is 2. The van der Waals surface area contributed by atoms with Crippen LogP contribution in [0.15, 0.2) is 255 Å². The SMILES string of the molecule is C.N#Cc1ccc(-c2c3c(c(-c4ccc(C#N)cc4)c4ccccc24)-c2ccc4c5ccc6c7c(-c8ccccc8-c8ccccc8)c8cc9c(cc8c(-c8ccccc8)c7c7ccc(c8ccc-3c2c84)c5c76)c2cccc3cccc9c32)cc1. The summed E-state index contributed by atoms with van der Waals surface area (Å²) in [5.74, 6) is 0. The first-order chi connectivity index (χ1) is 41.6. The summed E-state index contributed by atoms with van der Waals surface area (Å²) in [5, 5.41) is 47.6. The molecule has 85 heavy (non-hydrogen) atoms. The molecule has 1 aliphatic rings. The van der Waals surface area contributed by atoms with Crippen molar-refractivity contribution in [2.24, 2.45) is 0 Å². The summed E-state index contributed by atoms with van der Waals surface area (Å²) in [6.45, 7) is 0. The lowest BCUT2D eigenvalue weighted by Crippen LogP contribution is -1.94. The van der Waals surface area contributed by atoms with Crippen LogP contribution >= 0.6 is 0 Å². The third kappa shape index (κ3) is 6.14. The molecule has 2 heteroatoms. The van der Waals surface area contributed by atoms with Crippen molar-refractivity contribution in [2.75, 3.05) is 0 Å². The van der Waals surface area contributed by atoms with Crippen LogP contribution in [0.1, 0.15) is 18.6 Å². The van der Waals surface area contributed by atoms with Crippen LogP contribution < -0.4 is 0 Å². The van der Waals surface area contributed by atoms with E-state index in [-0.39, 0.29) is 7.43 Å². The highest BCUT2D eigenvalue weighted by atomic mass is 14.4. The molecule has 0 bridgehead atoms. The summed E-state index contributed by atoms with van der Waals surface area (Å²) < 4.78 is 0. The normalized spacial score (nSPS) is 12.1. The maximum absolute atomic E-state index is 9.94. The van der Waals surface area contributed by atoms with E-state index in [2.05, 4.69) is 243 Å². The van der Waals surface area contributed by atoms with E-state index in [9.17, 15) is 10.5 Å². The van der Waals surface area contributed by atoms with Gasteiger partial charge in [-0.15, -0.1) is 0 Å². The predicted octanol–water partition coefficient (Wildman–Crippen LogP) is 23.0. The van der Waals surface area contributed by atoms with Crippen LogP contribution in [0.4, 0.5) is 0 Å². The number of rotatable bonds is 5. The Hall–Kier alpha value is -11.4. The molecule has 18 aromatic carbocycles. The zero-order chi connectivity index (χ0) is 55.1. The van der Waals surface area contributed by atoms with Crippen LogP contribution in [0.5, 0.6) is 0 Å². The van der Waals surface area contributed by atoms with E-state index in [1.165, 1.54) is 163 Å². The molecule has 0 atom stereocenters. The fourth-order valence-electron chi connectivity index (χ4n) is 15.8. The molecule has 0 saturated carbocycles. The Balaban J connectivity index is 0.00000548. The number of nitrogens with zero attached hydrogens (tertiary/aromatic N) is 2. The zero-order valence-electron chi connectivity index (χ0n) is 45.1. The first kappa shape index (κ1) is 47.2. The van der Waals surface area contributed by atoms with Crippen LogP contribution in [0.25, 0.3) is 196 Å². The molecule has 0 amide bonds. The lowest BCUT2D eigenvalue weighted by molar-refractivity contribution is 1.48. The monoisotopic (exact) mass is 1070 g/mol. The highest BCUT2D eigenvalue weighted by Gasteiger charge is 2.34. The Morgan fingerprint density at radius 2 is 0.588 bits per heavy atom. The van der Waals surface area contributed by atoms with Crippen molar-refractivity contribution >= 4 is 118 Å². The van der Waals surface area contributed by atoms with Crippen molar-refractivity contribution in [3.63, 3.8) is 0 Å². The Morgan fingerprint density at radius 3 is 1.12 bits per heavy atom. The second-order valence-electron chi connectivity index (χ2n) is 23.0. The van der Waals surface area contributed by atoms with Crippen molar-refractivity contribution in [3.8, 4) is 90.0 Å². The molecule has 0 spiro atoms. The Bertz CT molecular complexity index is 5840. The van der Waals surface area contributed by atoms with E-state index in [0.29, 0.717) is 11.1 Å². The van der Waals surface area contributed by atoms with Crippen LogP contribution in [0.3, 0.4) is 0 Å². The lowest BCUT2D eigenvalue weighted by Gasteiger charge is -2.20. The predicted molar refractivity (Wildman–Crippen MR) is 360 cm³/mol. The highest BCUT2D eigenvalue weighted by molar-refractivity contribution is 6.48. The minimum atomic E-state index is 0. The van der Waals surface area contributed by atoms with Crippen molar-refractivity contribution in [1.29, 1.82) is 10.5 Å². The molecule has 0 unspecified atom stereocenters. The van der Waals surface area contributed by atoms with Crippen LogP contribution in [-0.2, 0) is 0 Å². The Labute approximate surface area is 489 Å². The lowest BCUT2D eigenvalue weighted by atomic mass is 9.82. The molecule has 2 nitrogen and oxygen atoms in total. The van der Waals surface area contributed by atoms with E-state index >= 15 is 0 Å². The van der Waals surface area contributed by atoms with Gasteiger partial charge in [-0.1, -0.05) is 226 Å². The molecule has 0 N–H and O–H groups in total. The minimum Gasteiger partial charge on any atom is -0.192 e. The third-order valence-corrected chi connectivity index (χ3v) is 19.1. The summed E-state index contributed by atoms with van der Waals surface area (Å²) in [6.07, 6.45) is 0. The van der Waals surface area contributed by atoms with Crippen molar-refractivity contribution < 1.29 is 0 Å². The quantitative estimate of drug-likeness (QED) is 0.127. The van der Waals surface area contributed by atoms with Crippen molar-refractivity contribution in [2.45, 2.75) is 7.43 Å². The topological polar surface area (TPSA) is 47.6 Å². The van der Waals surface area contributed by atoms with Gasteiger partial charge in [-0.25, -0.2) is 0 Å². The number of fused-ring (bicyclic) bond motifs is 13. The average Bonchev–Trinajstić information content (AvgIpc) is 2.10. The second-order valence-corrected chi connectivity index (χ2v) is 23.0. The highest BCUT2D eigenvalue weighted by Crippen LogP contribution is 2.61. The van der Waals surface area contributed by atoms with E-state index in [1.54, 1.807) is 0 Å². The van der Waals surface area contributed by atoms with Crippen LogP contribution in [0, 0.1) is 22.7 Å². The van der Waals surface area contributed by atoms with Gasteiger partial charge in [0.2, 0.25) is 0 Å². The van der Waals surface area contributed by atoms with Crippen molar-refractivity contribution in [3.05, 3.63) is 266 Å². The van der Waals surface area contributed by atoms with Gasteiger partial charge in [0.1, 0.15) is 0 Å². The fourth-order valence-corrected chi connectivity index (χ4v) is 15.8. The molecule has 388 valence electrons. The molecule has 0 saturated heterocycles. The van der Waals surface area contributed by atoms with E-state index in [4.69, 9.17) is 0 Å². The Kier molecular flexibility index (Phi) is 9.62. The summed E-state index contributed by atoms with van der Waals surface area (Å²) in [7, 11) is 0. The largest absolute Gasteiger partial charge is 0.192 e. The number of benzene rings is 16. The van der Waals surface area contributed by atoms with Gasteiger partial charge >= 0.3 is 0 Å². The smallest absolute Gasteiger partial charge is 0.0991 e. The maximum Gasteiger partial charge on any atom is 0.0991 e. The average molecular weight is 1070 g/mol. The van der Waals surface area contributed by atoms with Gasteiger partial charge in [-0.3, -0.25) is 0 Å². The molecule has 19 rings (SSSR count). The summed E-state index contributed by atoms with van der Waals surface area (Å²) in [6, 6.07) is 98.9. The molecular formula is C83H46N2. The minimum absolute atomic E-state index is 0. The zero-order valence-corrected chi connectivity index (χ0v) is 45.1.